The molecule has 1 N–H and O–H groups in total. The van der Waals surface area contributed by atoms with Crippen LogP contribution >= 0.6 is 0 Å². The molecule has 3 heteroatoms. The molecule has 0 spiro atoms. The Morgan fingerprint density at radius 2 is 2.14 bits per heavy atom. The minimum absolute atomic E-state index is 0.247. The minimum Gasteiger partial charge on any atom is -0.376 e. The molecule has 0 radical (unpaired) electrons. The van der Waals surface area contributed by atoms with Crippen LogP contribution < -0.4 is 5.32 Å². The summed E-state index contributed by atoms with van der Waals surface area (Å²) in [5, 5.41) is 3.53. The Hall–Kier alpha value is -0.120. The molecule has 0 aliphatic carbocycles. The van der Waals surface area contributed by atoms with E-state index < -0.39 is 0 Å². The maximum absolute atomic E-state index is 5.57. The van der Waals surface area contributed by atoms with Crippen LogP contribution in [0.4, 0.5) is 0 Å². The van der Waals surface area contributed by atoms with E-state index in [1.165, 1.54) is 6.42 Å². The molecule has 1 saturated heterocycles. The highest BCUT2D eigenvalue weighted by atomic mass is 16.6. The van der Waals surface area contributed by atoms with Gasteiger partial charge in [0.15, 0.2) is 0 Å². The Balaban J connectivity index is 2.16. The van der Waals surface area contributed by atoms with Crippen LogP contribution in [0.15, 0.2) is 0 Å². The van der Waals surface area contributed by atoms with E-state index in [4.69, 9.17) is 9.47 Å². The molecule has 2 unspecified atom stereocenters. The lowest BCUT2D eigenvalue weighted by molar-refractivity contribution is -0.0874. The number of rotatable bonds is 5. The quantitative estimate of drug-likeness (QED) is 0.730. The van der Waals surface area contributed by atoms with Gasteiger partial charge in [-0.2, -0.15) is 0 Å². The fourth-order valence-electron chi connectivity index (χ4n) is 1.79. The molecule has 0 amide bonds. The fraction of sp³-hybridized carbons (Fsp3) is 1.00. The van der Waals surface area contributed by atoms with Crippen molar-refractivity contribution in [3.05, 3.63) is 0 Å². The summed E-state index contributed by atoms with van der Waals surface area (Å²) in [4.78, 5) is 0. The maximum Gasteiger partial charge on any atom is 0.0933 e. The van der Waals surface area contributed by atoms with Crippen LogP contribution in [0.1, 0.15) is 27.2 Å². The molecule has 1 fully saturated rings. The van der Waals surface area contributed by atoms with Crippen molar-refractivity contribution in [2.24, 2.45) is 5.92 Å². The van der Waals surface area contributed by atoms with Gasteiger partial charge >= 0.3 is 0 Å². The van der Waals surface area contributed by atoms with E-state index in [2.05, 4.69) is 26.1 Å². The van der Waals surface area contributed by atoms with Gasteiger partial charge in [-0.05, 0) is 12.3 Å². The average molecular weight is 201 g/mol. The number of hydrogen-bond acceptors (Lipinski definition) is 3. The molecular weight excluding hydrogens is 178 g/mol. The highest BCUT2D eigenvalue weighted by molar-refractivity contribution is 4.72. The highest BCUT2D eigenvalue weighted by Gasteiger charge is 2.17. The largest absolute Gasteiger partial charge is 0.376 e. The first-order valence-electron chi connectivity index (χ1n) is 5.66. The fourth-order valence-corrected chi connectivity index (χ4v) is 1.79. The molecule has 0 aromatic carbocycles. The van der Waals surface area contributed by atoms with Crippen molar-refractivity contribution >= 4 is 0 Å². The Bertz CT molecular complexity index is 144. The van der Waals surface area contributed by atoms with E-state index in [1.807, 2.05) is 0 Å². The van der Waals surface area contributed by atoms with E-state index in [0.717, 1.165) is 26.4 Å². The molecular formula is C11H23NO2. The summed E-state index contributed by atoms with van der Waals surface area (Å²) >= 11 is 0. The minimum atomic E-state index is 0.247. The second-order valence-corrected chi connectivity index (χ2v) is 4.23. The summed E-state index contributed by atoms with van der Waals surface area (Å²) in [6.07, 6.45) is 1.42. The SMILES string of the molecule is CCC(NCC1COCCO1)C(C)C. The number of nitrogens with one attached hydrogen (secondary N) is 1. The molecule has 0 saturated carbocycles. The van der Waals surface area contributed by atoms with Crippen LogP contribution in [-0.4, -0.2) is 38.5 Å². The standard InChI is InChI=1S/C11H23NO2/c1-4-11(9(2)3)12-7-10-8-13-5-6-14-10/h9-12H,4-8H2,1-3H3. The third kappa shape index (κ3) is 3.95. The molecule has 0 aromatic heterocycles. The van der Waals surface area contributed by atoms with E-state index in [0.29, 0.717) is 12.0 Å². The summed E-state index contributed by atoms with van der Waals surface area (Å²) in [6.45, 7) is 9.86. The molecule has 1 aliphatic heterocycles. The normalized spacial score (nSPS) is 25.3. The molecule has 2 atom stereocenters. The van der Waals surface area contributed by atoms with Crippen molar-refractivity contribution < 1.29 is 9.47 Å². The van der Waals surface area contributed by atoms with Gasteiger partial charge in [-0.1, -0.05) is 20.8 Å². The predicted molar refractivity (Wildman–Crippen MR) is 57.5 cm³/mol. The lowest BCUT2D eigenvalue weighted by atomic mass is 10.0. The first kappa shape index (κ1) is 12.0. The van der Waals surface area contributed by atoms with Crippen LogP contribution in [0, 0.1) is 5.92 Å². The lowest BCUT2D eigenvalue weighted by Crippen LogP contribution is -2.43. The first-order valence-corrected chi connectivity index (χ1v) is 5.66. The van der Waals surface area contributed by atoms with E-state index >= 15 is 0 Å². The topological polar surface area (TPSA) is 30.5 Å². The molecule has 0 aromatic rings. The average Bonchev–Trinajstić information content (AvgIpc) is 2.20. The van der Waals surface area contributed by atoms with E-state index in [-0.39, 0.29) is 6.10 Å². The van der Waals surface area contributed by atoms with Gasteiger partial charge in [0.2, 0.25) is 0 Å². The summed E-state index contributed by atoms with van der Waals surface area (Å²) in [5.41, 5.74) is 0. The third-order valence-electron chi connectivity index (χ3n) is 2.74. The van der Waals surface area contributed by atoms with Gasteiger partial charge in [-0.25, -0.2) is 0 Å². The molecule has 3 nitrogen and oxygen atoms in total. The van der Waals surface area contributed by atoms with Gasteiger partial charge in [0.1, 0.15) is 0 Å². The summed E-state index contributed by atoms with van der Waals surface area (Å²) in [6, 6.07) is 0.598. The van der Waals surface area contributed by atoms with Crippen LogP contribution in [0.2, 0.25) is 0 Å². The Morgan fingerprint density at radius 1 is 1.36 bits per heavy atom. The van der Waals surface area contributed by atoms with Crippen LogP contribution in [0.3, 0.4) is 0 Å². The van der Waals surface area contributed by atoms with Gasteiger partial charge < -0.3 is 14.8 Å². The van der Waals surface area contributed by atoms with E-state index in [1.54, 1.807) is 0 Å². The molecule has 1 heterocycles. The van der Waals surface area contributed by atoms with Crippen molar-refractivity contribution in [2.75, 3.05) is 26.4 Å². The number of hydrogen-bond donors (Lipinski definition) is 1. The Morgan fingerprint density at radius 3 is 2.64 bits per heavy atom. The van der Waals surface area contributed by atoms with Crippen LogP contribution in [-0.2, 0) is 9.47 Å². The molecule has 0 bridgehead atoms. The van der Waals surface area contributed by atoms with Crippen LogP contribution in [0.25, 0.3) is 0 Å². The van der Waals surface area contributed by atoms with Gasteiger partial charge in [0.25, 0.3) is 0 Å². The van der Waals surface area contributed by atoms with Crippen molar-refractivity contribution in [3.63, 3.8) is 0 Å². The van der Waals surface area contributed by atoms with Crippen molar-refractivity contribution in [1.29, 1.82) is 0 Å². The van der Waals surface area contributed by atoms with Crippen molar-refractivity contribution in [3.8, 4) is 0 Å². The zero-order valence-corrected chi connectivity index (χ0v) is 9.58. The lowest BCUT2D eigenvalue weighted by Gasteiger charge is -2.27. The van der Waals surface area contributed by atoms with Crippen LogP contribution in [0.5, 0.6) is 0 Å². The van der Waals surface area contributed by atoms with Gasteiger partial charge in [-0.15, -0.1) is 0 Å². The summed E-state index contributed by atoms with van der Waals surface area (Å²) in [5.74, 6) is 0.685. The number of ether oxygens (including phenoxy) is 2. The molecule has 84 valence electrons. The third-order valence-corrected chi connectivity index (χ3v) is 2.74. The smallest absolute Gasteiger partial charge is 0.0933 e. The van der Waals surface area contributed by atoms with Gasteiger partial charge in [-0.3, -0.25) is 0 Å². The van der Waals surface area contributed by atoms with Gasteiger partial charge in [0.05, 0.1) is 25.9 Å². The predicted octanol–water partition coefficient (Wildman–Crippen LogP) is 1.43. The van der Waals surface area contributed by atoms with Crippen molar-refractivity contribution in [2.45, 2.75) is 39.3 Å². The first-order chi connectivity index (χ1) is 6.74. The highest BCUT2D eigenvalue weighted by Crippen LogP contribution is 2.06. The van der Waals surface area contributed by atoms with Gasteiger partial charge in [0, 0.05) is 12.6 Å². The summed E-state index contributed by atoms with van der Waals surface area (Å²) < 4.78 is 10.9. The maximum atomic E-state index is 5.57. The zero-order chi connectivity index (χ0) is 10.4. The Kier molecular flexibility index (Phi) is 5.45. The molecule has 1 rings (SSSR count). The zero-order valence-electron chi connectivity index (χ0n) is 9.58. The van der Waals surface area contributed by atoms with E-state index in [9.17, 15) is 0 Å². The molecule has 14 heavy (non-hydrogen) atoms. The van der Waals surface area contributed by atoms with Crippen molar-refractivity contribution in [1.82, 2.24) is 5.32 Å². The second kappa shape index (κ2) is 6.38. The summed E-state index contributed by atoms with van der Waals surface area (Å²) in [7, 11) is 0. The molecule has 1 aliphatic rings. The second-order valence-electron chi connectivity index (χ2n) is 4.23. The Labute approximate surface area is 87.2 Å². The monoisotopic (exact) mass is 201 g/mol.